The molecule has 0 spiro atoms. The molecule has 5 heteroatoms. The molecule has 1 aromatic carbocycles. The molecule has 0 fully saturated rings. The fourth-order valence-electron chi connectivity index (χ4n) is 2.40. The van der Waals surface area contributed by atoms with Gasteiger partial charge in [-0.3, -0.25) is 0 Å². The number of hydrogen-bond donors (Lipinski definition) is 1. The number of halogens is 1. The minimum absolute atomic E-state index is 0.0332. The maximum Gasteiger partial charge on any atom is 0.340 e. The van der Waals surface area contributed by atoms with E-state index in [-0.39, 0.29) is 11.0 Å². The molecule has 0 amide bonds. The standard InChI is InChI=1S/C16H25FN2O2/c1-16(2,11-19(3)4)10-18-9-12-6-7-13(14(17)8-12)15(20)21-5/h6-8,18H,9-11H2,1-5H3. The lowest BCUT2D eigenvalue weighted by Gasteiger charge is -2.28. The molecule has 0 aromatic heterocycles. The third-order valence-corrected chi connectivity index (χ3v) is 3.12. The van der Waals surface area contributed by atoms with Gasteiger partial charge in [-0.25, -0.2) is 9.18 Å². The van der Waals surface area contributed by atoms with Crippen molar-refractivity contribution in [2.75, 3.05) is 34.3 Å². The molecule has 0 saturated carbocycles. The topological polar surface area (TPSA) is 41.6 Å². The summed E-state index contributed by atoms with van der Waals surface area (Å²) in [5, 5.41) is 3.33. The van der Waals surface area contributed by atoms with Crippen molar-refractivity contribution in [2.45, 2.75) is 20.4 Å². The first-order valence-electron chi connectivity index (χ1n) is 6.97. The second-order valence-corrected chi connectivity index (χ2v) is 6.31. The van der Waals surface area contributed by atoms with E-state index in [1.54, 1.807) is 6.07 Å². The van der Waals surface area contributed by atoms with Crippen LogP contribution in [0.3, 0.4) is 0 Å². The Labute approximate surface area is 126 Å². The van der Waals surface area contributed by atoms with E-state index in [1.165, 1.54) is 19.2 Å². The molecule has 0 aliphatic carbocycles. The van der Waals surface area contributed by atoms with Crippen molar-refractivity contribution >= 4 is 5.97 Å². The first-order valence-corrected chi connectivity index (χ1v) is 6.97. The van der Waals surface area contributed by atoms with E-state index in [2.05, 4.69) is 28.8 Å². The van der Waals surface area contributed by atoms with Gasteiger partial charge in [-0.05, 0) is 37.2 Å². The minimum atomic E-state index is -0.654. The van der Waals surface area contributed by atoms with Crippen LogP contribution in [0.4, 0.5) is 4.39 Å². The number of rotatable bonds is 7. The lowest BCUT2D eigenvalue weighted by Crippen LogP contribution is -2.37. The van der Waals surface area contributed by atoms with Gasteiger partial charge in [-0.1, -0.05) is 19.9 Å². The van der Waals surface area contributed by atoms with Gasteiger partial charge in [0.05, 0.1) is 12.7 Å². The third kappa shape index (κ3) is 5.81. The molecule has 21 heavy (non-hydrogen) atoms. The summed E-state index contributed by atoms with van der Waals surface area (Å²) in [6.45, 7) is 6.72. The second-order valence-electron chi connectivity index (χ2n) is 6.31. The summed E-state index contributed by atoms with van der Waals surface area (Å²) < 4.78 is 18.3. The maximum atomic E-state index is 13.8. The highest BCUT2D eigenvalue weighted by Gasteiger charge is 2.18. The number of carbonyl (C=O) groups excluding carboxylic acids is 1. The number of esters is 1. The van der Waals surface area contributed by atoms with Gasteiger partial charge in [0.2, 0.25) is 0 Å². The molecule has 4 nitrogen and oxygen atoms in total. The second kappa shape index (κ2) is 7.52. The molecular weight excluding hydrogens is 271 g/mol. The summed E-state index contributed by atoms with van der Waals surface area (Å²) in [5.74, 6) is -1.20. The van der Waals surface area contributed by atoms with Crippen LogP contribution < -0.4 is 5.32 Å². The van der Waals surface area contributed by atoms with E-state index in [1.807, 2.05) is 14.1 Å². The summed E-state index contributed by atoms with van der Waals surface area (Å²) in [5.41, 5.74) is 0.906. The monoisotopic (exact) mass is 296 g/mol. The minimum Gasteiger partial charge on any atom is -0.465 e. The molecule has 0 aliphatic rings. The van der Waals surface area contributed by atoms with E-state index in [0.717, 1.165) is 18.7 Å². The van der Waals surface area contributed by atoms with Crippen LogP contribution in [0.5, 0.6) is 0 Å². The average Bonchev–Trinajstić information content (AvgIpc) is 2.36. The van der Waals surface area contributed by atoms with Gasteiger partial charge >= 0.3 is 5.97 Å². The van der Waals surface area contributed by atoms with Gasteiger partial charge in [-0.2, -0.15) is 0 Å². The molecular formula is C16H25FN2O2. The van der Waals surface area contributed by atoms with Gasteiger partial charge in [-0.15, -0.1) is 0 Å². The van der Waals surface area contributed by atoms with Crippen LogP contribution in [0.1, 0.15) is 29.8 Å². The number of nitrogens with one attached hydrogen (secondary N) is 1. The van der Waals surface area contributed by atoms with Gasteiger partial charge < -0.3 is 15.0 Å². The number of hydrogen-bond acceptors (Lipinski definition) is 4. The van der Waals surface area contributed by atoms with E-state index in [9.17, 15) is 9.18 Å². The highest BCUT2D eigenvalue weighted by Crippen LogP contribution is 2.15. The fraction of sp³-hybridized carbons (Fsp3) is 0.562. The summed E-state index contributed by atoms with van der Waals surface area (Å²) in [4.78, 5) is 13.5. The van der Waals surface area contributed by atoms with Crippen molar-refractivity contribution in [1.82, 2.24) is 10.2 Å². The van der Waals surface area contributed by atoms with Crippen LogP contribution in [0.2, 0.25) is 0 Å². The smallest absolute Gasteiger partial charge is 0.340 e. The average molecular weight is 296 g/mol. The van der Waals surface area contributed by atoms with E-state index >= 15 is 0 Å². The predicted molar refractivity (Wildman–Crippen MR) is 81.8 cm³/mol. The van der Waals surface area contributed by atoms with Crippen molar-refractivity contribution in [1.29, 1.82) is 0 Å². The van der Waals surface area contributed by atoms with Crippen molar-refractivity contribution in [3.63, 3.8) is 0 Å². The molecule has 0 saturated heterocycles. The Morgan fingerprint density at radius 3 is 2.57 bits per heavy atom. The van der Waals surface area contributed by atoms with Gasteiger partial charge in [0.15, 0.2) is 0 Å². The van der Waals surface area contributed by atoms with Gasteiger partial charge in [0.25, 0.3) is 0 Å². The molecule has 0 radical (unpaired) electrons. The Hall–Kier alpha value is -1.46. The van der Waals surface area contributed by atoms with Crippen LogP contribution >= 0.6 is 0 Å². The zero-order chi connectivity index (χ0) is 16.0. The quantitative estimate of drug-likeness (QED) is 0.784. The highest BCUT2D eigenvalue weighted by atomic mass is 19.1. The van der Waals surface area contributed by atoms with Crippen LogP contribution in [-0.4, -0.2) is 45.2 Å². The normalized spacial score (nSPS) is 11.8. The van der Waals surface area contributed by atoms with Crippen molar-refractivity contribution < 1.29 is 13.9 Å². The molecule has 0 unspecified atom stereocenters. The van der Waals surface area contributed by atoms with E-state index in [4.69, 9.17) is 0 Å². The molecule has 0 aliphatic heterocycles. The first-order chi connectivity index (χ1) is 9.75. The number of benzene rings is 1. The maximum absolute atomic E-state index is 13.8. The van der Waals surface area contributed by atoms with Crippen molar-refractivity contribution in [3.8, 4) is 0 Å². The van der Waals surface area contributed by atoms with Gasteiger partial charge in [0.1, 0.15) is 5.82 Å². The molecule has 1 N–H and O–H groups in total. The molecule has 1 rings (SSSR count). The predicted octanol–water partition coefficient (Wildman–Crippen LogP) is 2.29. The Kier molecular flexibility index (Phi) is 6.30. The van der Waals surface area contributed by atoms with Crippen LogP contribution in [0, 0.1) is 11.2 Å². The number of ether oxygens (including phenoxy) is 1. The summed E-state index contributed by atoms with van der Waals surface area (Å²) in [6, 6.07) is 4.57. The molecule has 118 valence electrons. The van der Waals surface area contributed by atoms with Crippen LogP contribution in [-0.2, 0) is 11.3 Å². The summed E-state index contributed by atoms with van der Waals surface area (Å²) in [7, 11) is 5.33. The molecule has 1 aromatic rings. The van der Waals surface area contributed by atoms with Crippen molar-refractivity contribution in [3.05, 3.63) is 35.1 Å². The molecule has 0 atom stereocenters. The molecule has 0 heterocycles. The Morgan fingerprint density at radius 2 is 2.05 bits per heavy atom. The lowest BCUT2D eigenvalue weighted by molar-refractivity contribution is 0.0595. The number of carbonyl (C=O) groups is 1. The van der Waals surface area contributed by atoms with Crippen LogP contribution in [0.25, 0.3) is 0 Å². The summed E-state index contributed by atoms with van der Waals surface area (Å²) in [6.07, 6.45) is 0. The Morgan fingerprint density at radius 1 is 1.38 bits per heavy atom. The highest BCUT2D eigenvalue weighted by molar-refractivity contribution is 5.89. The first kappa shape index (κ1) is 17.6. The SMILES string of the molecule is COC(=O)c1ccc(CNCC(C)(C)CN(C)C)cc1F. The van der Waals surface area contributed by atoms with Crippen molar-refractivity contribution in [2.24, 2.45) is 5.41 Å². The van der Waals surface area contributed by atoms with Crippen LogP contribution in [0.15, 0.2) is 18.2 Å². The third-order valence-electron chi connectivity index (χ3n) is 3.12. The largest absolute Gasteiger partial charge is 0.465 e. The Bertz CT molecular complexity index is 487. The Balaban J connectivity index is 2.57. The lowest BCUT2D eigenvalue weighted by atomic mass is 9.93. The van der Waals surface area contributed by atoms with E-state index < -0.39 is 11.8 Å². The molecule has 0 bridgehead atoms. The number of methoxy groups -OCH3 is 1. The summed E-state index contributed by atoms with van der Waals surface area (Å²) >= 11 is 0. The zero-order valence-electron chi connectivity index (χ0n) is 13.5. The van der Waals surface area contributed by atoms with Gasteiger partial charge in [0, 0.05) is 19.6 Å². The number of nitrogens with zero attached hydrogens (tertiary/aromatic N) is 1. The zero-order valence-corrected chi connectivity index (χ0v) is 13.5. The van der Waals surface area contributed by atoms with E-state index in [0.29, 0.717) is 6.54 Å². The fourth-order valence-corrected chi connectivity index (χ4v) is 2.40.